The third-order valence-corrected chi connectivity index (χ3v) is 3.54. The summed E-state index contributed by atoms with van der Waals surface area (Å²) in [5.74, 6) is 0. The highest BCUT2D eigenvalue weighted by Crippen LogP contribution is 2.29. The van der Waals surface area contributed by atoms with Gasteiger partial charge in [0.2, 0.25) is 0 Å². The summed E-state index contributed by atoms with van der Waals surface area (Å²) in [6, 6.07) is 2.02. The molecule has 0 aromatic heterocycles. The summed E-state index contributed by atoms with van der Waals surface area (Å²) in [5, 5.41) is 38.8. The Kier molecular flexibility index (Phi) is 6.53. The molecule has 1 aliphatic heterocycles. The Hall–Kier alpha value is -0.750. The summed E-state index contributed by atoms with van der Waals surface area (Å²) >= 11 is 0. The maximum Gasteiger partial charge on any atom is 0.188 e. The fourth-order valence-corrected chi connectivity index (χ4v) is 2.07. The minimum atomic E-state index is -1.26. The molecule has 21 heavy (non-hydrogen) atoms. The van der Waals surface area contributed by atoms with Crippen LogP contribution in [0.4, 0.5) is 0 Å². The molecule has 3 N–H and O–H groups in total. The second kappa shape index (κ2) is 7.49. The SMILES string of the molecule is CC[C@@](C)(C#N)O[C@@H]1O[C@H](CO)[C@@H](O)[C@H](OC(C)C)[C@H]1O. The van der Waals surface area contributed by atoms with E-state index in [1.54, 1.807) is 27.7 Å². The highest BCUT2D eigenvalue weighted by atomic mass is 16.7. The first kappa shape index (κ1) is 18.3. The monoisotopic (exact) mass is 303 g/mol. The number of aliphatic hydroxyl groups excluding tert-OH is 3. The van der Waals surface area contributed by atoms with Gasteiger partial charge in [-0.3, -0.25) is 0 Å². The molecule has 1 aliphatic rings. The lowest BCUT2D eigenvalue weighted by Crippen LogP contribution is -2.61. The van der Waals surface area contributed by atoms with Crippen molar-refractivity contribution in [1.82, 2.24) is 0 Å². The molecule has 0 aliphatic carbocycles. The van der Waals surface area contributed by atoms with Crippen LogP contribution in [0.15, 0.2) is 0 Å². The molecule has 1 rings (SSSR count). The van der Waals surface area contributed by atoms with E-state index in [0.29, 0.717) is 6.42 Å². The lowest BCUT2D eigenvalue weighted by atomic mass is 9.98. The molecule has 6 atom stereocenters. The van der Waals surface area contributed by atoms with Gasteiger partial charge in [0.1, 0.15) is 24.4 Å². The Morgan fingerprint density at radius 2 is 1.95 bits per heavy atom. The molecule has 122 valence electrons. The molecule has 1 heterocycles. The summed E-state index contributed by atoms with van der Waals surface area (Å²) < 4.78 is 16.4. The number of hydrogen-bond donors (Lipinski definition) is 3. The summed E-state index contributed by atoms with van der Waals surface area (Å²) in [6.45, 7) is 6.45. The molecule has 0 spiro atoms. The zero-order valence-corrected chi connectivity index (χ0v) is 12.9. The van der Waals surface area contributed by atoms with E-state index in [1.165, 1.54) is 0 Å². The van der Waals surface area contributed by atoms with Crippen molar-refractivity contribution >= 4 is 0 Å². The maximum atomic E-state index is 10.3. The first-order valence-electron chi connectivity index (χ1n) is 7.15. The molecule has 0 amide bonds. The predicted octanol–water partition coefficient (Wildman–Crippen LogP) is -0.0721. The van der Waals surface area contributed by atoms with E-state index >= 15 is 0 Å². The Morgan fingerprint density at radius 1 is 1.33 bits per heavy atom. The van der Waals surface area contributed by atoms with Crippen LogP contribution in [0, 0.1) is 11.3 Å². The summed E-state index contributed by atoms with van der Waals surface area (Å²) in [5.41, 5.74) is -1.13. The third-order valence-electron chi connectivity index (χ3n) is 3.54. The van der Waals surface area contributed by atoms with Gasteiger partial charge in [0, 0.05) is 0 Å². The summed E-state index contributed by atoms with van der Waals surface area (Å²) in [4.78, 5) is 0. The van der Waals surface area contributed by atoms with Gasteiger partial charge in [-0.2, -0.15) is 5.26 Å². The quantitative estimate of drug-likeness (QED) is 0.629. The fourth-order valence-electron chi connectivity index (χ4n) is 2.07. The van der Waals surface area contributed by atoms with Crippen LogP contribution in [-0.4, -0.2) is 64.3 Å². The lowest BCUT2D eigenvalue weighted by molar-refractivity contribution is -0.327. The van der Waals surface area contributed by atoms with E-state index in [1.807, 2.05) is 6.07 Å². The molecule has 0 aromatic rings. The van der Waals surface area contributed by atoms with Crippen LogP contribution in [0.2, 0.25) is 0 Å². The largest absolute Gasteiger partial charge is 0.394 e. The van der Waals surface area contributed by atoms with Crippen LogP contribution in [-0.2, 0) is 14.2 Å². The molecule has 0 bridgehead atoms. The minimum Gasteiger partial charge on any atom is -0.394 e. The van der Waals surface area contributed by atoms with Crippen LogP contribution in [0.3, 0.4) is 0 Å². The summed E-state index contributed by atoms with van der Waals surface area (Å²) in [7, 11) is 0. The number of hydrogen-bond acceptors (Lipinski definition) is 7. The van der Waals surface area contributed by atoms with E-state index in [2.05, 4.69) is 0 Å². The van der Waals surface area contributed by atoms with E-state index in [4.69, 9.17) is 19.5 Å². The highest BCUT2D eigenvalue weighted by Gasteiger charge is 2.47. The van der Waals surface area contributed by atoms with Gasteiger partial charge in [-0.15, -0.1) is 0 Å². The van der Waals surface area contributed by atoms with Crippen LogP contribution >= 0.6 is 0 Å². The molecule has 7 heteroatoms. The highest BCUT2D eigenvalue weighted by molar-refractivity contribution is 4.99. The normalized spacial score (nSPS) is 36.2. The lowest BCUT2D eigenvalue weighted by Gasteiger charge is -2.44. The smallest absolute Gasteiger partial charge is 0.188 e. The number of nitrogens with zero attached hydrogens (tertiary/aromatic N) is 1. The van der Waals surface area contributed by atoms with Crippen molar-refractivity contribution in [2.24, 2.45) is 0 Å². The Labute approximate surface area is 125 Å². The van der Waals surface area contributed by atoms with Gasteiger partial charge in [-0.25, -0.2) is 0 Å². The predicted molar refractivity (Wildman–Crippen MR) is 73.2 cm³/mol. The third kappa shape index (κ3) is 4.36. The zero-order valence-electron chi connectivity index (χ0n) is 12.9. The van der Waals surface area contributed by atoms with Gasteiger partial charge >= 0.3 is 0 Å². The van der Waals surface area contributed by atoms with Crippen LogP contribution in [0.1, 0.15) is 34.1 Å². The second-order valence-electron chi connectivity index (χ2n) is 5.67. The van der Waals surface area contributed by atoms with Crippen molar-refractivity contribution < 1.29 is 29.5 Å². The van der Waals surface area contributed by atoms with Gasteiger partial charge in [-0.05, 0) is 27.2 Å². The molecule has 0 radical (unpaired) electrons. The first-order chi connectivity index (χ1) is 9.77. The van der Waals surface area contributed by atoms with E-state index in [0.717, 1.165) is 0 Å². The van der Waals surface area contributed by atoms with Crippen LogP contribution < -0.4 is 0 Å². The number of ether oxygens (including phenoxy) is 3. The second-order valence-corrected chi connectivity index (χ2v) is 5.67. The van der Waals surface area contributed by atoms with E-state index in [-0.39, 0.29) is 6.10 Å². The topological polar surface area (TPSA) is 112 Å². The Balaban J connectivity index is 2.91. The van der Waals surface area contributed by atoms with Gasteiger partial charge in [-0.1, -0.05) is 6.92 Å². The molecular weight excluding hydrogens is 278 g/mol. The van der Waals surface area contributed by atoms with E-state index in [9.17, 15) is 15.3 Å². The number of nitriles is 1. The average Bonchev–Trinajstić information content (AvgIpc) is 2.46. The Morgan fingerprint density at radius 3 is 2.38 bits per heavy atom. The van der Waals surface area contributed by atoms with Gasteiger partial charge in [0.05, 0.1) is 18.8 Å². The fraction of sp³-hybridized carbons (Fsp3) is 0.929. The van der Waals surface area contributed by atoms with Crippen molar-refractivity contribution in [2.45, 2.75) is 76.5 Å². The molecule has 1 saturated heterocycles. The van der Waals surface area contributed by atoms with Gasteiger partial charge < -0.3 is 29.5 Å². The standard InChI is InChI=1S/C14H25NO6/c1-5-14(4,7-15)21-13-11(18)12(19-8(2)3)10(17)9(6-16)20-13/h8-13,16-18H,5-6H2,1-4H3/t9-,10-,11-,12+,13+,14+/m1/s1. The van der Waals surface area contributed by atoms with Gasteiger partial charge in [0.15, 0.2) is 11.9 Å². The molecule has 0 saturated carbocycles. The first-order valence-corrected chi connectivity index (χ1v) is 7.15. The molecule has 7 nitrogen and oxygen atoms in total. The molecule has 1 fully saturated rings. The number of aliphatic hydroxyl groups is 3. The Bertz CT molecular complexity index is 371. The van der Waals surface area contributed by atoms with Crippen molar-refractivity contribution in [2.75, 3.05) is 6.61 Å². The zero-order chi connectivity index (χ0) is 16.2. The molecule has 0 unspecified atom stereocenters. The van der Waals surface area contributed by atoms with Crippen molar-refractivity contribution in [3.63, 3.8) is 0 Å². The minimum absolute atomic E-state index is 0.231. The summed E-state index contributed by atoms with van der Waals surface area (Å²) in [6.07, 6.45) is -5.32. The molecular formula is C14H25NO6. The molecule has 0 aromatic carbocycles. The van der Waals surface area contributed by atoms with Crippen molar-refractivity contribution in [1.29, 1.82) is 5.26 Å². The maximum absolute atomic E-state index is 10.3. The number of rotatable bonds is 6. The van der Waals surface area contributed by atoms with Crippen LogP contribution in [0.5, 0.6) is 0 Å². The van der Waals surface area contributed by atoms with E-state index < -0.39 is 42.9 Å². The average molecular weight is 303 g/mol. The van der Waals surface area contributed by atoms with Crippen molar-refractivity contribution in [3.8, 4) is 6.07 Å². The van der Waals surface area contributed by atoms with Crippen molar-refractivity contribution in [3.05, 3.63) is 0 Å². The van der Waals surface area contributed by atoms with Gasteiger partial charge in [0.25, 0.3) is 0 Å². The van der Waals surface area contributed by atoms with Crippen LogP contribution in [0.25, 0.3) is 0 Å².